The van der Waals surface area contributed by atoms with E-state index in [0.717, 1.165) is 24.3 Å². The zero-order valence-corrected chi connectivity index (χ0v) is 13.8. The van der Waals surface area contributed by atoms with E-state index in [-0.39, 0.29) is 6.04 Å². The molecular formula is C15H17Cl2NOS. The van der Waals surface area contributed by atoms with Crippen LogP contribution in [0.2, 0.25) is 10.0 Å². The summed E-state index contributed by atoms with van der Waals surface area (Å²) in [6.07, 6.45) is 1.05. The van der Waals surface area contributed by atoms with E-state index in [1.54, 1.807) is 24.5 Å². The van der Waals surface area contributed by atoms with Gasteiger partial charge in [-0.2, -0.15) is 0 Å². The zero-order valence-electron chi connectivity index (χ0n) is 11.5. The maximum absolute atomic E-state index is 6.36. The van der Waals surface area contributed by atoms with Crippen molar-refractivity contribution in [1.82, 2.24) is 5.32 Å². The van der Waals surface area contributed by atoms with Crippen molar-refractivity contribution in [2.24, 2.45) is 0 Å². The standard InChI is InChI=1S/C15H17Cl2NOS/c1-3-7-18-15(13-8-10(19-2)9-20-13)11-5-4-6-12(16)14(11)17/h4-6,8-9,15,18H,3,7H2,1-2H3. The summed E-state index contributed by atoms with van der Waals surface area (Å²) in [5.74, 6) is 0.867. The van der Waals surface area contributed by atoms with E-state index in [1.165, 1.54) is 4.88 Å². The van der Waals surface area contributed by atoms with Gasteiger partial charge in [0.05, 0.1) is 23.2 Å². The molecule has 2 rings (SSSR count). The summed E-state index contributed by atoms with van der Waals surface area (Å²) in [5, 5.41) is 6.70. The molecule has 0 aliphatic rings. The van der Waals surface area contributed by atoms with Crippen LogP contribution in [0.3, 0.4) is 0 Å². The Morgan fingerprint density at radius 3 is 2.80 bits per heavy atom. The molecule has 0 amide bonds. The van der Waals surface area contributed by atoms with Crippen LogP contribution in [0.5, 0.6) is 5.75 Å². The van der Waals surface area contributed by atoms with E-state index < -0.39 is 0 Å². The highest BCUT2D eigenvalue weighted by molar-refractivity contribution is 7.10. The second kappa shape index (κ2) is 7.32. The van der Waals surface area contributed by atoms with E-state index in [9.17, 15) is 0 Å². The molecule has 0 aliphatic heterocycles. The molecule has 1 heterocycles. The predicted octanol–water partition coefficient (Wildman–Crippen LogP) is 5.15. The third-order valence-electron chi connectivity index (χ3n) is 3.01. The molecule has 0 fully saturated rings. The van der Waals surface area contributed by atoms with E-state index >= 15 is 0 Å². The van der Waals surface area contributed by atoms with Crippen molar-refractivity contribution in [3.05, 3.63) is 50.1 Å². The number of thiophene rings is 1. The van der Waals surface area contributed by atoms with Crippen LogP contribution in [-0.2, 0) is 0 Å². The van der Waals surface area contributed by atoms with Gasteiger partial charge in [-0.25, -0.2) is 0 Å². The number of benzene rings is 1. The van der Waals surface area contributed by atoms with Gasteiger partial charge in [-0.05, 0) is 30.7 Å². The number of rotatable bonds is 6. The molecule has 0 radical (unpaired) electrons. The van der Waals surface area contributed by atoms with Crippen molar-refractivity contribution in [2.45, 2.75) is 19.4 Å². The van der Waals surface area contributed by atoms with Crippen LogP contribution >= 0.6 is 34.5 Å². The largest absolute Gasteiger partial charge is 0.496 e. The molecule has 1 aromatic carbocycles. The van der Waals surface area contributed by atoms with E-state index in [4.69, 9.17) is 27.9 Å². The Kier molecular flexibility index (Phi) is 5.73. The maximum Gasteiger partial charge on any atom is 0.129 e. The Morgan fingerprint density at radius 1 is 1.35 bits per heavy atom. The fourth-order valence-electron chi connectivity index (χ4n) is 1.99. The third kappa shape index (κ3) is 3.47. The number of ether oxygens (including phenoxy) is 1. The summed E-state index contributed by atoms with van der Waals surface area (Å²) >= 11 is 14.1. The lowest BCUT2D eigenvalue weighted by molar-refractivity contribution is 0.416. The van der Waals surface area contributed by atoms with Gasteiger partial charge in [0.25, 0.3) is 0 Å². The van der Waals surface area contributed by atoms with Gasteiger partial charge in [-0.15, -0.1) is 11.3 Å². The van der Waals surface area contributed by atoms with Gasteiger partial charge in [-0.3, -0.25) is 0 Å². The van der Waals surface area contributed by atoms with E-state index in [1.807, 2.05) is 23.6 Å². The lowest BCUT2D eigenvalue weighted by Crippen LogP contribution is -2.22. The number of hydrogen-bond acceptors (Lipinski definition) is 3. The van der Waals surface area contributed by atoms with Crippen molar-refractivity contribution >= 4 is 34.5 Å². The summed E-state index contributed by atoms with van der Waals surface area (Å²) in [6.45, 7) is 3.05. The minimum absolute atomic E-state index is 0.0371. The normalized spacial score (nSPS) is 12.4. The molecular weight excluding hydrogens is 313 g/mol. The topological polar surface area (TPSA) is 21.3 Å². The second-order valence-corrected chi connectivity index (χ2v) is 6.15. The Bertz CT molecular complexity index is 571. The van der Waals surface area contributed by atoms with Crippen molar-refractivity contribution in [1.29, 1.82) is 0 Å². The van der Waals surface area contributed by atoms with E-state index in [2.05, 4.69) is 12.2 Å². The molecule has 1 aromatic heterocycles. The van der Waals surface area contributed by atoms with Crippen LogP contribution in [-0.4, -0.2) is 13.7 Å². The lowest BCUT2D eigenvalue weighted by atomic mass is 10.0. The number of methoxy groups -OCH3 is 1. The van der Waals surface area contributed by atoms with Crippen LogP contribution in [0.1, 0.15) is 29.8 Å². The van der Waals surface area contributed by atoms with Crippen molar-refractivity contribution < 1.29 is 4.74 Å². The first-order valence-electron chi connectivity index (χ1n) is 6.47. The van der Waals surface area contributed by atoms with Gasteiger partial charge >= 0.3 is 0 Å². The van der Waals surface area contributed by atoms with Crippen LogP contribution in [0, 0.1) is 0 Å². The van der Waals surface area contributed by atoms with Crippen LogP contribution in [0.15, 0.2) is 29.6 Å². The quantitative estimate of drug-likeness (QED) is 0.790. The highest BCUT2D eigenvalue weighted by atomic mass is 35.5. The number of hydrogen-bond donors (Lipinski definition) is 1. The molecule has 0 spiro atoms. The molecule has 0 bridgehead atoms. The van der Waals surface area contributed by atoms with Crippen LogP contribution in [0.25, 0.3) is 0 Å². The first-order chi connectivity index (χ1) is 9.67. The number of halogens is 2. The molecule has 2 nitrogen and oxygen atoms in total. The van der Waals surface area contributed by atoms with Gasteiger partial charge in [-0.1, -0.05) is 42.3 Å². The van der Waals surface area contributed by atoms with Gasteiger partial charge in [0.2, 0.25) is 0 Å². The van der Waals surface area contributed by atoms with Gasteiger partial charge in [0.15, 0.2) is 0 Å². The molecule has 2 aromatic rings. The zero-order chi connectivity index (χ0) is 14.5. The molecule has 0 saturated heterocycles. The second-order valence-electron chi connectivity index (χ2n) is 4.42. The Hall–Kier alpha value is -0.740. The number of nitrogens with one attached hydrogen (secondary N) is 1. The Labute approximate surface area is 133 Å². The molecule has 5 heteroatoms. The Morgan fingerprint density at radius 2 is 2.15 bits per heavy atom. The van der Waals surface area contributed by atoms with Crippen molar-refractivity contribution in [3.63, 3.8) is 0 Å². The summed E-state index contributed by atoms with van der Waals surface area (Å²) in [4.78, 5) is 1.17. The minimum atomic E-state index is 0.0371. The Balaban J connectivity index is 2.38. The first kappa shape index (κ1) is 15.6. The SMILES string of the molecule is CCCNC(c1cc(OC)cs1)c1cccc(Cl)c1Cl. The smallest absolute Gasteiger partial charge is 0.129 e. The predicted molar refractivity (Wildman–Crippen MR) is 87.5 cm³/mol. The maximum atomic E-state index is 6.36. The van der Waals surface area contributed by atoms with Crippen LogP contribution in [0.4, 0.5) is 0 Å². The van der Waals surface area contributed by atoms with Crippen LogP contribution < -0.4 is 10.1 Å². The minimum Gasteiger partial charge on any atom is -0.496 e. The molecule has 0 saturated carbocycles. The van der Waals surface area contributed by atoms with Gasteiger partial charge in [0, 0.05) is 10.3 Å². The molecule has 1 atom stereocenters. The van der Waals surface area contributed by atoms with Gasteiger partial charge < -0.3 is 10.1 Å². The fourth-order valence-corrected chi connectivity index (χ4v) is 3.35. The summed E-state index contributed by atoms with van der Waals surface area (Å²) in [5.41, 5.74) is 0.997. The average Bonchev–Trinajstić information content (AvgIpc) is 2.92. The summed E-state index contributed by atoms with van der Waals surface area (Å²) < 4.78 is 5.26. The summed E-state index contributed by atoms with van der Waals surface area (Å²) in [7, 11) is 1.67. The highest BCUT2D eigenvalue weighted by Gasteiger charge is 2.19. The molecule has 0 aliphatic carbocycles. The van der Waals surface area contributed by atoms with Crippen molar-refractivity contribution in [2.75, 3.05) is 13.7 Å². The lowest BCUT2D eigenvalue weighted by Gasteiger charge is -2.19. The van der Waals surface area contributed by atoms with Crippen molar-refractivity contribution in [3.8, 4) is 5.75 Å². The van der Waals surface area contributed by atoms with E-state index in [0.29, 0.717) is 10.0 Å². The first-order valence-corrected chi connectivity index (χ1v) is 8.10. The molecule has 20 heavy (non-hydrogen) atoms. The monoisotopic (exact) mass is 329 g/mol. The molecule has 108 valence electrons. The fraction of sp³-hybridized carbons (Fsp3) is 0.333. The van der Waals surface area contributed by atoms with Gasteiger partial charge in [0.1, 0.15) is 5.75 Å². The molecule has 1 unspecified atom stereocenters. The highest BCUT2D eigenvalue weighted by Crippen LogP contribution is 2.36. The average molecular weight is 330 g/mol. The summed E-state index contributed by atoms with van der Waals surface area (Å²) in [6, 6.07) is 7.81. The molecule has 1 N–H and O–H groups in total. The third-order valence-corrected chi connectivity index (χ3v) is 4.82.